The van der Waals surface area contributed by atoms with Crippen molar-refractivity contribution in [3.05, 3.63) is 0 Å². The summed E-state index contributed by atoms with van der Waals surface area (Å²) in [7, 11) is -10.5. The SMILES string of the molecule is O=[SH](=O)C(C(F)(F)C(F)F)S(=O)(=O)NCC(F)(F)F. The van der Waals surface area contributed by atoms with Crippen LogP contribution < -0.4 is 4.72 Å². The molecule has 0 bridgehead atoms. The monoisotopic (exact) mass is 341 g/mol. The van der Waals surface area contributed by atoms with Crippen LogP contribution in [0.2, 0.25) is 0 Å². The van der Waals surface area contributed by atoms with Gasteiger partial charge in [0.15, 0.2) is 10.7 Å². The molecule has 14 heteroatoms. The van der Waals surface area contributed by atoms with Gasteiger partial charge in [0.1, 0.15) is 6.54 Å². The number of hydrogen-bond donors (Lipinski definition) is 2. The number of sulfonamides is 1. The molecule has 0 aliphatic rings. The summed E-state index contributed by atoms with van der Waals surface area (Å²) in [4.78, 5) is 0. The summed E-state index contributed by atoms with van der Waals surface area (Å²) in [6.07, 6.45) is -9.86. The molecule has 19 heavy (non-hydrogen) atoms. The van der Waals surface area contributed by atoms with Gasteiger partial charge in [0.2, 0.25) is 14.6 Å². The largest absolute Gasteiger partial charge is 0.402 e. The fourth-order valence-electron chi connectivity index (χ4n) is 0.830. The highest BCUT2D eigenvalue weighted by Crippen LogP contribution is 2.31. The molecule has 1 unspecified atom stereocenters. The molecular weight excluding hydrogens is 335 g/mol. The van der Waals surface area contributed by atoms with Crippen molar-refractivity contribution in [1.29, 1.82) is 0 Å². The van der Waals surface area contributed by atoms with Crippen LogP contribution in [0.4, 0.5) is 30.7 Å². The van der Waals surface area contributed by atoms with Crippen LogP contribution in [0.5, 0.6) is 0 Å². The van der Waals surface area contributed by atoms with Crippen molar-refractivity contribution >= 4 is 20.7 Å². The summed E-state index contributed by atoms with van der Waals surface area (Å²) in [6, 6.07) is 0. The predicted molar refractivity (Wildman–Crippen MR) is 48.0 cm³/mol. The van der Waals surface area contributed by atoms with Gasteiger partial charge in [-0.2, -0.15) is 22.0 Å². The molecule has 0 heterocycles. The predicted octanol–water partition coefficient (Wildman–Crippen LogP) is 0.306. The van der Waals surface area contributed by atoms with Crippen LogP contribution in [-0.2, 0) is 20.7 Å². The van der Waals surface area contributed by atoms with Gasteiger partial charge in [-0.1, -0.05) is 0 Å². The average Bonchev–Trinajstić information content (AvgIpc) is 2.11. The summed E-state index contributed by atoms with van der Waals surface area (Å²) in [5.74, 6) is -5.55. The molecule has 0 aliphatic carbocycles. The van der Waals surface area contributed by atoms with E-state index in [9.17, 15) is 47.6 Å². The molecule has 0 radical (unpaired) electrons. The van der Waals surface area contributed by atoms with Gasteiger partial charge in [0.05, 0.1) is 0 Å². The van der Waals surface area contributed by atoms with E-state index in [2.05, 4.69) is 0 Å². The maximum atomic E-state index is 12.7. The van der Waals surface area contributed by atoms with Gasteiger partial charge in [0.25, 0.3) is 0 Å². The van der Waals surface area contributed by atoms with Crippen molar-refractivity contribution < 1.29 is 47.6 Å². The van der Waals surface area contributed by atoms with Crippen LogP contribution in [0.15, 0.2) is 0 Å². The Morgan fingerprint density at radius 1 is 1.05 bits per heavy atom. The first-order valence-corrected chi connectivity index (χ1v) is 6.86. The van der Waals surface area contributed by atoms with Gasteiger partial charge in [-0.25, -0.2) is 30.3 Å². The van der Waals surface area contributed by atoms with Gasteiger partial charge < -0.3 is 0 Å². The zero-order chi connectivity index (χ0) is 15.6. The van der Waals surface area contributed by atoms with E-state index >= 15 is 0 Å². The second-order valence-corrected chi connectivity index (χ2v) is 6.38. The Labute approximate surface area is 103 Å². The summed E-state index contributed by atoms with van der Waals surface area (Å²) < 4.78 is 123. The molecule has 5 nitrogen and oxygen atoms in total. The van der Waals surface area contributed by atoms with Crippen LogP contribution in [0, 0.1) is 0 Å². The maximum Gasteiger partial charge on any atom is 0.402 e. The Bertz CT molecular complexity index is 474. The summed E-state index contributed by atoms with van der Waals surface area (Å²) >= 11 is 0. The van der Waals surface area contributed by atoms with Crippen LogP contribution in [0.25, 0.3) is 0 Å². The van der Waals surface area contributed by atoms with E-state index in [1.807, 2.05) is 0 Å². The topological polar surface area (TPSA) is 80.3 Å². The Hall–Kier alpha value is -0.630. The molecule has 0 saturated carbocycles. The number of nitrogens with one attached hydrogen (secondary N) is 1. The summed E-state index contributed by atoms with van der Waals surface area (Å²) in [6.45, 7) is -2.37. The third-order valence-electron chi connectivity index (χ3n) is 1.58. The Morgan fingerprint density at radius 3 is 1.74 bits per heavy atom. The highest BCUT2D eigenvalue weighted by atomic mass is 32.3. The normalized spacial score (nSPS) is 16.1. The van der Waals surface area contributed by atoms with Crippen molar-refractivity contribution in [2.75, 3.05) is 6.54 Å². The van der Waals surface area contributed by atoms with Gasteiger partial charge in [-0.15, -0.1) is 0 Å². The molecule has 0 aromatic carbocycles. The molecule has 1 N–H and O–H groups in total. The third-order valence-corrected chi connectivity index (χ3v) is 5.10. The van der Waals surface area contributed by atoms with E-state index in [1.165, 1.54) is 0 Å². The quantitative estimate of drug-likeness (QED) is 0.538. The lowest BCUT2D eigenvalue weighted by atomic mass is 10.4. The average molecular weight is 341 g/mol. The van der Waals surface area contributed by atoms with E-state index < -0.39 is 50.4 Å². The second-order valence-electron chi connectivity index (χ2n) is 3.09. The van der Waals surface area contributed by atoms with Crippen LogP contribution in [-0.4, -0.2) is 46.5 Å². The fourth-order valence-corrected chi connectivity index (χ4v) is 3.39. The van der Waals surface area contributed by atoms with E-state index in [0.29, 0.717) is 4.72 Å². The number of rotatable bonds is 6. The third kappa shape index (κ3) is 5.10. The molecule has 0 aromatic heterocycles. The first-order valence-electron chi connectivity index (χ1n) is 4.06. The first kappa shape index (κ1) is 18.4. The minimum absolute atomic E-state index is 0.491. The van der Waals surface area contributed by atoms with Gasteiger partial charge in [0, 0.05) is 0 Å². The van der Waals surface area contributed by atoms with Gasteiger partial charge in [-0.05, 0) is 0 Å². The first-order chi connectivity index (χ1) is 8.22. The van der Waals surface area contributed by atoms with Gasteiger partial charge >= 0.3 is 18.5 Å². The minimum Gasteiger partial charge on any atom is -0.230 e. The molecule has 0 amide bonds. The molecule has 0 saturated heterocycles. The highest BCUT2D eigenvalue weighted by molar-refractivity contribution is 8.01. The fraction of sp³-hybridized carbons (Fsp3) is 1.00. The molecule has 0 spiro atoms. The van der Waals surface area contributed by atoms with E-state index in [1.54, 1.807) is 0 Å². The maximum absolute atomic E-state index is 12.7. The summed E-state index contributed by atoms with van der Waals surface area (Å²) in [5, 5.41) is 0. The minimum atomic E-state index is -5.85. The van der Waals surface area contributed by atoms with Crippen molar-refractivity contribution in [2.24, 2.45) is 0 Å². The van der Waals surface area contributed by atoms with E-state index in [0.717, 1.165) is 0 Å². The van der Waals surface area contributed by atoms with Crippen LogP contribution in [0.1, 0.15) is 0 Å². The van der Waals surface area contributed by atoms with Crippen molar-refractivity contribution in [2.45, 2.75) is 23.1 Å². The van der Waals surface area contributed by atoms with Crippen molar-refractivity contribution in [3.8, 4) is 0 Å². The second kappa shape index (κ2) is 5.78. The van der Waals surface area contributed by atoms with Crippen molar-refractivity contribution in [3.63, 3.8) is 0 Å². The van der Waals surface area contributed by atoms with Crippen molar-refractivity contribution in [1.82, 2.24) is 4.72 Å². The molecule has 0 aliphatic heterocycles. The molecule has 1 atom stereocenters. The molecule has 116 valence electrons. The highest BCUT2D eigenvalue weighted by Gasteiger charge is 2.57. The van der Waals surface area contributed by atoms with E-state index in [-0.39, 0.29) is 0 Å². The lowest BCUT2D eigenvalue weighted by Gasteiger charge is -2.22. The van der Waals surface area contributed by atoms with Crippen LogP contribution >= 0.6 is 0 Å². The number of thiol groups is 1. The lowest BCUT2D eigenvalue weighted by Crippen LogP contribution is -2.51. The summed E-state index contributed by atoms with van der Waals surface area (Å²) in [5.41, 5.74) is 0. The van der Waals surface area contributed by atoms with E-state index in [4.69, 9.17) is 0 Å². The van der Waals surface area contributed by atoms with Crippen LogP contribution in [0.3, 0.4) is 0 Å². The lowest BCUT2D eigenvalue weighted by molar-refractivity contribution is -0.123. The number of alkyl halides is 7. The standard InChI is InChI=1S/C5H6F7NO4S2/c6-2(7)5(11,12)3(18(14)15)19(16,17)13-1-4(8,9)10/h2-3,13,18H,1H2. The smallest absolute Gasteiger partial charge is 0.230 e. The number of hydrogen-bond acceptors (Lipinski definition) is 4. The van der Waals surface area contributed by atoms with Gasteiger partial charge in [-0.3, -0.25) is 0 Å². The Balaban J connectivity index is 5.43. The zero-order valence-corrected chi connectivity index (χ0v) is 10.2. The zero-order valence-electron chi connectivity index (χ0n) is 8.50. The molecule has 0 aromatic rings. The molecule has 0 rings (SSSR count). The number of halogens is 7. The Morgan fingerprint density at radius 2 is 1.47 bits per heavy atom. The molecule has 0 fully saturated rings. The molecular formula is C5H6F7NO4S2. The Kier molecular flexibility index (Phi) is 5.59.